The number of amides is 1. The molecule has 16 heavy (non-hydrogen) atoms. The molecule has 0 fully saturated rings. The fourth-order valence-corrected chi connectivity index (χ4v) is 1.41. The maximum absolute atomic E-state index is 11.8. The zero-order valence-electron chi connectivity index (χ0n) is 10.3. The van der Waals surface area contributed by atoms with E-state index in [0.717, 1.165) is 0 Å². The van der Waals surface area contributed by atoms with E-state index in [0.29, 0.717) is 19.4 Å². The summed E-state index contributed by atoms with van der Waals surface area (Å²) in [6, 6.07) is -0.425. The van der Waals surface area contributed by atoms with E-state index in [1.165, 1.54) is 0 Å². The van der Waals surface area contributed by atoms with Crippen molar-refractivity contribution in [2.45, 2.75) is 52.1 Å². The molecule has 0 aliphatic carbocycles. The number of rotatable bonds is 7. The highest BCUT2D eigenvalue weighted by Gasteiger charge is 2.21. The van der Waals surface area contributed by atoms with E-state index in [-0.39, 0.29) is 18.4 Å². The van der Waals surface area contributed by atoms with Crippen LogP contribution in [0.1, 0.15) is 40.0 Å². The highest BCUT2D eigenvalue weighted by Crippen LogP contribution is 2.05. The fourth-order valence-electron chi connectivity index (χ4n) is 1.41. The van der Waals surface area contributed by atoms with Crippen molar-refractivity contribution in [3.05, 3.63) is 0 Å². The third kappa shape index (κ3) is 5.11. The predicted octanol–water partition coefficient (Wildman–Crippen LogP) is 0.826. The molecule has 0 aromatic heterocycles. The average Bonchev–Trinajstić information content (AvgIpc) is 2.21. The smallest absolute Gasteiger partial charge is 0.303 e. The van der Waals surface area contributed by atoms with Gasteiger partial charge in [0.2, 0.25) is 5.91 Å². The van der Waals surface area contributed by atoms with Gasteiger partial charge in [0.1, 0.15) is 0 Å². The second kappa shape index (κ2) is 7.22. The highest BCUT2D eigenvalue weighted by molar-refractivity contribution is 5.81. The minimum Gasteiger partial charge on any atom is -0.481 e. The number of nitrogens with zero attached hydrogens (tertiary/aromatic N) is 1. The lowest BCUT2D eigenvalue weighted by atomic mass is 10.1. The van der Waals surface area contributed by atoms with Crippen LogP contribution in [0.15, 0.2) is 0 Å². The summed E-state index contributed by atoms with van der Waals surface area (Å²) in [5, 5.41) is 8.53. The van der Waals surface area contributed by atoms with Crippen molar-refractivity contribution in [2.75, 3.05) is 6.54 Å². The van der Waals surface area contributed by atoms with Gasteiger partial charge in [0.15, 0.2) is 0 Å². The van der Waals surface area contributed by atoms with Gasteiger partial charge in [0.05, 0.1) is 6.04 Å². The van der Waals surface area contributed by atoms with Crippen molar-refractivity contribution < 1.29 is 14.7 Å². The summed E-state index contributed by atoms with van der Waals surface area (Å²) in [5.41, 5.74) is 5.68. The van der Waals surface area contributed by atoms with Crippen LogP contribution in [0, 0.1) is 0 Å². The van der Waals surface area contributed by atoms with Crippen molar-refractivity contribution in [1.29, 1.82) is 0 Å². The lowest BCUT2D eigenvalue weighted by molar-refractivity contribution is -0.139. The van der Waals surface area contributed by atoms with Crippen LogP contribution >= 0.6 is 0 Å². The maximum atomic E-state index is 11.8. The quantitative estimate of drug-likeness (QED) is 0.678. The van der Waals surface area contributed by atoms with Crippen molar-refractivity contribution in [2.24, 2.45) is 5.73 Å². The number of carbonyl (C=O) groups is 2. The summed E-state index contributed by atoms with van der Waals surface area (Å²) >= 11 is 0. The monoisotopic (exact) mass is 230 g/mol. The largest absolute Gasteiger partial charge is 0.481 e. The van der Waals surface area contributed by atoms with E-state index in [9.17, 15) is 9.59 Å². The fraction of sp³-hybridized carbons (Fsp3) is 0.818. The normalized spacial score (nSPS) is 12.6. The van der Waals surface area contributed by atoms with Crippen LogP contribution in [0.4, 0.5) is 0 Å². The first-order valence-electron chi connectivity index (χ1n) is 5.68. The minimum atomic E-state index is -0.837. The van der Waals surface area contributed by atoms with E-state index in [1.807, 2.05) is 20.8 Å². The molecule has 5 nitrogen and oxygen atoms in total. The second-order valence-corrected chi connectivity index (χ2v) is 4.14. The van der Waals surface area contributed by atoms with E-state index in [4.69, 9.17) is 10.8 Å². The third-order valence-corrected chi connectivity index (χ3v) is 2.45. The van der Waals surface area contributed by atoms with E-state index < -0.39 is 12.0 Å². The molecule has 3 N–H and O–H groups in total. The molecule has 0 heterocycles. The number of nitrogens with two attached hydrogens (primary N) is 1. The Kier molecular flexibility index (Phi) is 6.72. The molecule has 0 bridgehead atoms. The summed E-state index contributed by atoms with van der Waals surface area (Å²) in [4.78, 5) is 23.9. The van der Waals surface area contributed by atoms with Gasteiger partial charge in [-0.15, -0.1) is 0 Å². The Bertz CT molecular complexity index is 241. The number of hydrogen-bond acceptors (Lipinski definition) is 3. The maximum Gasteiger partial charge on any atom is 0.303 e. The van der Waals surface area contributed by atoms with Gasteiger partial charge >= 0.3 is 5.97 Å². The highest BCUT2D eigenvalue weighted by atomic mass is 16.4. The van der Waals surface area contributed by atoms with Crippen molar-refractivity contribution >= 4 is 11.9 Å². The molecule has 1 amide bonds. The lowest BCUT2D eigenvalue weighted by Gasteiger charge is -2.28. The molecule has 0 aliphatic heterocycles. The summed E-state index contributed by atoms with van der Waals surface area (Å²) in [7, 11) is 0. The number of aliphatic carboxylic acids is 1. The SMILES string of the molecule is CC[C@H](N)C(=O)N(CCCC(=O)O)C(C)C. The Labute approximate surface area is 96.6 Å². The van der Waals surface area contributed by atoms with Crippen LogP contribution in [0.2, 0.25) is 0 Å². The lowest BCUT2D eigenvalue weighted by Crippen LogP contribution is -2.47. The van der Waals surface area contributed by atoms with Gasteiger partial charge in [-0.05, 0) is 26.7 Å². The topological polar surface area (TPSA) is 83.6 Å². The molecule has 0 aliphatic rings. The molecule has 0 spiro atoms. The summed E-state index contributed by atoms with van der Waals surface area (Å²) in [6.45, 7) is 6.12. The van der Waals surface area contributed by atoms with E-state index in [1.54, 1.807) is 4.90 Å². The second-order valence-electron chi connectivity index (χ2n) is 4.14. The first kappa shape index (κ1) is 14.9. The van der Waals surface area contributed by atoms with Crippen molar-refractivity contribution in [1.82, 2.24) is 4.90 Å². The number of hydrogen-bond donors (Lipinski definition) is 2. The molecular formula is C11H22N2O3. The van der Waals surface area contributed by atoms with Gasteiger partial charge in [-0.2, -0.15) is 0 Å². The number of carbonyl (C=O) groups excluding carboxylic acids is 1. The van der Waals surface area contributed by atoms with Crippen LogP contribution in [-0.2, 0) is 9.59 Å². The summed E-state index contributed by atoms with van der Waals surface area (Å²) in [6.07, 6.45) is 1.15. The predicted molar refractivity (Wildman–Crippen MR) is 62.0 cm³/mol. The Morgan fingerprint density at radius 2 is 1.94 bits per heavy atom. The minimum absolute atomic E-state index is 0.0545. The van der Waals surface area contributed by atoms with Crippen molar-refractivity contribution in [3.63, 3.8) is 0 Å². The van der Waals surface area contributed by atoms with Crippen LogP contribution < -0.4 is 5.73 Å². The molecule has 94 valence electrons. The Morgan fingerprint density at radius 3 is 2.31 bits per heavy atom. The molecule has 0 unspecified atom stereocenters. The van der Waals surface area contributed by atoms with Crippen LogP contribution in [0.5, 0.6) is 0 Å². The molecule has 5 heteroatoms. The zero-order chi connectivity index (χ0) is 12.7. The number of carboxylic acid groups (broad SMARTS) is 1. The van der Waals surface area contributed by atoms with Crippen LogP contribution in [-0.4, -0.2) is 40.5 Å². The van der Waals surface area contributed by atoms with E-state index in [2.05, 4.69) is 0 Å². The Morgan fingerprint density at radius 1 is 1.38 bits per heavy atom. The standard InChI is InChI=1S/C11H22N2O3/c1-4-9(12)11(16)13(8(2)3)7-5-6-10(14)15/h8-9H,4-7,12H2,1-3H3,(H,14,15)/t9-/m0/s1. The number of carboxylic acids is 1. The molecule has 0 saturated heterocycles. The molecule has 0 aromatic carbocycles. The molecule has 0 saturated carbocycles. The zero-order valence-corrected chi connectivity index (χ0v) is 10.3. The third-order valence-electron chi connectivity index (χ3n) is 2.45. The molecule has 1 atom stereocenters. The molecule has 0 aromatic rings. The van der Waals surface area contributed by atoms with Gasteiger partial charge in [0, 0.05) is 19.0 Å². The van der Waals surface area contributed by atoms with Gasteiger partial charge < -0.3 is 15.7 Å². The van der Waals surface area contributed by atoms with Gasteiger partial charge in [0.25, 0.3) is 0 Å². The van der Waals surface area contributed by atoms with Gasteiger partial charge in [-0.3, -0.25) is 9.59 Å². The summed E-state index contributed by atoms with van der Waals surface area (Å²) in [5.74, 6) is -0.932. The van der Waals surface area contributed by atoms with Crippen molar-refractivity contribution in [3.8, 4) is 0 Å². The van der Waals surface area contributed by atoms with Gasteiger partial charge in [-0.1, -0.05) is 6.92 Å². The average molecular weight is 230 g/mol. The van der Waals surface area contributed by atoms with Gasteiger partial charge in [-0.25, -0.2) is 0 Å². The Balaban J connectivity index is 4.27. The first-order chi connectivity index (χ1) is 7.40. The Hall–Kier alpha value is -1.10. The first-order valence-corrected chi connectivity index (χ1v) is 5.68. The summed E-state index contributed by atoms with van der Waals surface area (Å²) < 4.78 is 0. The molecular weight excluding hydrogens is 208 g/mol. The van der Waals surface area contributed by atoms with E-state index >= 15 is 0 Å². The van der Waals surface area contributed by atoms with Crippen LogP contribution in [0.3, 0.4) is 0 Å². The van der Waals surface area contributed by atoms with Crippen LogP contribution in [0.25, 0.3) is 0 Å². The molecule has 0 radical (unpaired) electrons. The molecule has 0 rings (SSSR count).